The van der Waals surface area contributed by atoms with Crippen molar-refractivity contribution in [2.75, 3.05) is 24.6 Å². The molecule has 1 aliphatic heterocycles. The molecule has 0 aromatic carbocycles. The van der Waals surface area contributed by atoms with Gasteiger partial charge in [-0.1, -0.05) is 6.92 Å². The first-order chi connectivity index (χ1) is 9.07. The minimum atomic E-state index is -0.670. The van der Waals surface area contributed by atoms with Gasteiger partial charge in [-0.05, 0) is 31.6 Å². The van der Waals surface area contributed by atoms with Gasteiger partial charge in [-0.2, -0.15) is 11.8 Å². The molecule has 1 amide bonds. The Morgan fingerprint density at radius 3 is 2.84 bits per heavy atom. The quantitative estimate of drug-likeness (QED) is 0.725. The van der Waals surface area contributed by atoms with Crippen molar-refractivity contribution < 1.29 is 9.90 Å². The molecule has 2 rings (SSSR count). The maximum atomic E-state index is 11.9. The van der Waals surface area contributed by atoms with E-state index in [0.717, 1.165) is 43.7 Å². The van der Waals surface area contributed by atoms with E-state index in [2.05, 4.69) is 17.6 Å². The average molecular weight is 286 g/mol. The molecule has 0 spiro atoms. The molecule has 0 radical (unpaired) electrons. The molecule has 1 unspecified atom stereocenters. The summed E-state index contributed by atoms with van der Waals surface area (Å²) in [7, 11) is 0. The summed E-state index contributed by atoms with van der Waals surface area (Å²) in [6.45, 7) is 3.63. The van der Waals surface area contributed by atoms with Crippen LogP contribution in [0.25, 0.3) is 0 Å². The third kappa shape index (κ3) is 4.97. The highest BCUT2D eigenvalue weighted by Gasteiger charge is 2.32. The van der Waals surface area contributed by atoms with Gasteiger partial charge < -0.3 is 15.7 Å². The van der Waals surface area contributed by atoms with Crippen molar-refractivity contribution in [3.8, 4) is 0 Å². The second-order valence-corrected chi connectivity index (χ2v) is 7.26. The van der Waals surface area contributed by atoms with Crippen LogP contribution in [-0.4, -0.2) is 47.3 Å². The molecule has 4 nitrogen and oxygen atoms in total. The van der Waals surface area contributed by atoms with Gasteiger partial charge >= 0.3 is 0 Å². The summed E-state index contributed by atoms with van der Waals surface area (Å²) in [6.07, 6.45) is 4.28. The molecule has 3 N–H and O–H groups in total. The Kier molecular flexibility index (Phi) is 5.54. The highest BCUT2D eigenvalue weighted by atomic mass is 32.2. The third-order valence-electron chi connectivity index (χ3n) is 4.25. The summed E-state index contributed by atoms with van der Waals surface area (Å²) >= 11 is 1.90. The number of hydrogen-bond donors (Lipinski definition) is 3. The monoisotopic (exact) mass is 286 g/mol. The van der Waals surface area contributed by atoms with E-state index in [1.54, 1.807) is 0 Å². The van der Waals surface area contributed by atoms with Crippen molar-refractivity contribution in [2.24, 2.45) is 5.92 Å². The van der Waals surface area contributed by atoms with Crippen molar-refractivity contribution in [1.82, 2.24) is 10.6 Å². The Labute approximate surface area is 120 Å². The molecule has 0 aromatic heterocycles. The third-order valence-corrected chi connectivity index (χ3v) is 5.38. The minimum Gasteiger partial charge on any atom is -0.388 e. The first-order valence-corrected chi connectivity index (χ1v) is 8.53. The van der Waals surface area contributed by atoms with Crippen molar-refractivity contribution in [1.29, 1.82) is 0 Å². The summed E-state index contributed by atoms with van der Waals surface area (Å²) in [5.74, 6) is 2.91. The SMILES string of the molecule is CC1CCC(O)(CNC(=O)CC2CSCCN2)CC1. The normalized spacial score (nSPS) is 35.9. The van der Waals surface area contributed by atoms with Gasteiger partial charge in [0.25, 0.3) is 0 Å². The van der Waals surface area contributed by atoms with Crippen LogP contribution in [0.5, 0.6) is 0 Å². The topological polar surface area (TPSA) is 61.4 Å². The van der Waals surface area contributed by atoms with Crippen LogP contribution in [0.3, 0.4) is 0 Å². The predicted octanol–water partition coefficient (Wildman–Crippen LogP) is 1.14. The number of carbonyl (C=O) groups is 1. The lowest BCUT2D eigenvalue weighted by molar-refractivity contribution is -0.123. The van der Waals surface area contributed by atoms with Crippen molar-refractivity contribution in [3.05, 3.63) is 0 Å². The lowest BCUT2D eigenvalue weighted by atomic mass is 9.79. The molecule has 2 aliphatic rings. The highest BCUT2D eigenvalue weighted by molar-refractivity contribution is 7.99. The van der Waals surface area contributed by atoms with Gasteiger partial charge in [0.1, 0.15) is 0 Å². The Hall–Kier alpha value is -0.260. The summed E-state index contributed by atoms with van der Waals surface area (Å²) in [6, 6.07) is 0.291. The van der Waals surface area contributed by atoms with Crippen molar-refractivity contribution in [2.45, 2.75) is 50.7 Å². The van der Waals surface area contributed by atoms with Gasteiger partial charge in [0.2, 0.25) is 5.91 Å². The highest BCUT2D eigenvalue weighted by Crippen LogP contribution is 2.31. The summed E-state index contributed by atoms with van der Waals surface area (Å²) < 4.78 is 0. The molecule has 5 heteroatoms. The van der Waals surface area contributed by atoms with Crippen LogP contribution >= 0.6 is 11.8 Å². The number of carbonyl (C=O) groups excluding carboxylic acids is 1. The number of amides is 1. The lowest BCUT2D eigenvalue weighted by Gasteiger charge is -2.35. The zero-order chi connectivity index (χ0) is 13.7. The van der Waals surface area contributed by atoms with E-state index in [1.165, 1.54) is 0 Å². The summed E-state index contributed by atoms with van der Waals surface area (Å²) in [5.41, 5.74) is -0.670. The zero-order valence-corrected chi connectivity index (χ0v) is 12.6. The molecular formula is C14H26N2O2S. The van der Waals surface area contributed by atoms with E-state index in [4.69, 9.17) is 0 Å². The number of thioether (sulfide) groups is 1. The Morgan fingerprint density at radius 2 is 2.21 bits per heavy atom. The molecule has 0 bridgehead atoms. The first kappa shape index (κ1) is 15.1. The number of nitrogens with one attached hydrogen (secondary N) is 2. The fourth-order valence-electron chi connectivity index (χ4n) is 2.79. The Morgan fingerprint density at radius 1 is 1.47 bits per heavy atom. The van der Waals surface area contributed by atoms with E-state index in [-0.39, 0.29) is 5.91 Å². The van der Waals surface area contributed by atoms with E-state index < -0.39 is 5.60 Å². The molecule has 2 fully saturated rings. The van der Waals surface area contributed by atoms with Crippen molar-refractivity contribution >= 4 is 17.7 Å². The molecule has 1 saturated carbocycles. The lowest BCUT2D eigenvalue weighted by Crippen LogP contribution is -2.47. The molecule has 0 aromatic rings. The Bertz CT molecular complexity index is 298. The molecule has 19 heavy (non-hydrogen) atoms. The average Bonchev–Trinajstić information content (AvgIpc) is 2.42. The largest absolute Gasteiger partial charge is 0.388 e. The van der Waals surface area contributed by atoms with E-state index in [9.17, 15) is 9.90 Å². The van der Waals surface area contributed by atoms with Gasteiger partial charge in [0.15, 0.2) is 0 Å². The van der Waals surface area contributed by atoms with Gasteiger partial charge in [-0.3, -0.25) is 4.79 Å². The molecule has 1 saturated heterocycles. The first-order valence-electron chi connectivity index (χ1n) is 7.38. The smallest absolute Gasteiger partial charge is 0.221 e. The van der Waals surface area contributed by atoms with E-state index in [1.807, 2.05) is 11.8 Å². The fraction of sp³-hybridized carbons (Fsp3) is 0.929. The van der Waals surface area contributed by atoms with Gasteiger partial charge in [-0.25, -0.2) is 0 Å². The van der Waals surface area contributed by atoms with Crippen LogP contribution in [-0.2, 0) is 4.79 Å². The van der Waals surface area contributed by atoms with E-state index in [0.29, 0.717) is 24.9 Å². The van der Waals surface area contributed by atoms with Crippen LogP contribution in [0.2, 0.25) is 0 Å². The van der Waals surface area contributed by atoms with Crippen LogP contribution in [0.15, 0.2) is 0 Å². The zero-order valence-electron chi connectivity index (χ0n) is 11.8. The molecular weight excluding hydrogens is 260 g/mol. The van der Waals surface area contributed by atoms with Crippen LogP contribution in [0.4, 0.5) is 0 Å². The standard InChI is InChI=1S/C14H26N2O2S/c1-11-2-4-14(18,5-3-11)10-16-13(17)8-12-9-19-7-6-15-12/h11-12,15,18H,2-10H2,1H3,(H,16,17). The molecule has 110 valence electrons. The number of aliphatic hydroxyl groups is 1. The maximum absolute atomic E-state index is 11.9. The van der Waals surface area contributed by atoms with Gasteiger partial charge in [0, 0.05) is 37.1 Å². The van der Waals surface area contributed by atoms with Crippen LogP contribution < -0.4 is 10.6 Å². The maximum Gasteiger partial charge on any atom is 0.221 e. The predicted molar refractivity (Wildman–Crippen MR) is 79.3 cm³/mol. The van der Waals surface area contributed by atoms with Gasteiger partial charge in [-0.15, -0.1) is 0 Å². The fourth-order valence-corrected chi connectivity index (χ4v) is 3.74. The second kappa shape index (κ2) is 6.95. The Balaban J connectivity index is 1.67. The summed E-state index contributed by atoms with van der Waals surface area (Å²) in [5, 5.41) is 16.7. The van der Waals surface area contributed by atoms with Gasteiger partial charge in [0.05, 0.1) is 5.60 Å². The van der Waals surface area contributed by atoms with Crippen LogP contribution in [0.1, 0.15) is 39.0 Å². The second-order valence-electron chi connectivity index (χ2n) is 6.11. The van der Waals surface area contributed by atoms with Crippen LogP contribution in [0, 0.1) is 5.92 Å². The molecule has 1 heterocycles. The summed E-state index contributed by atoms with van der Waals surface area (Å²) in [4.78, 5) is 11.9. The molecule has 1 aliphatic carbocycles. The number of hydrogen-bond acceptors (Lipinski definition) is 4. The minimum absolute atomic E-state index is 0.0621. The number of rotatable bonds is 4. The van der Waals surface area contributed by atoms with E-state index >= 15 is 0 Å². The van der Waals surface area contributed by atoms with Crippen molar-refractivity contribution in [3.63, 3.8) is 0 Å². The molecule has 1 atom stereocenters.